The van der Waals surface area contributed by atoms with Gasteiger partial charge in [0.05, 0.1) is 12.7 Å². The molecule has 1 saturated heterocycles. The Hall–Kier alpha value is -2.38. The van der Waals surface area contributed by atoms with Gasteiger partial charge in [0.25, 0.3) is 0 Å². The van der Waals surface area contributed by atoms with Gasteiger partial charge in [0.15, 0.2) is 0 Å². The lowest BCUT2D eigenvalue weighted by molar-refractivity contribution is 0.407. The van der Waals surface area contributed by atoms with Crippen molar-refractivity contribution in [3.63, 3.8) is 0 Å². The average Bonchev–Trinajstić information content (AvgIpc) is 3.33. The Bertz CT molecular complexity index is 873. The largest absolute Gasteiger partial charge is 0.373 e. The van der Waals surface area contributed by atoms with Crippen molar-refractivity contribution in [3.05, 3.63) is 83.4 Å². The molecule has 23 heavy (non-hydrogen) atoms. The molecule has 1 unspecified atom stereocenters. The highest BCUT2D eigenvalue weighted by Crippen LogP contribution is 2.41. The highest BCUT2D eigenvalue weighted by atomic mass is 16.6. The summed E-state index contributed by atoms with van der Waals surface area (Å²) in [5.41, 5.74) is 9.75. The van der Waals surface area contributed by atoms with E-state index in [2.05, 4.69) is 66.7 Å². The lowest BCUT2D eigenvalue weighted by Gasteiger charge is -2.09. The Balaban J connectivity index is 1.54. The SMILES string of the molecule is c1ccc2c(c1)Cc1c(-c3ccc(CC4CO4)cc3)cccc1-2. The van der Waals surface area contributed by atoms with Crippen molar-refractivity contribution in [2.45, 2.75) is 18.9 Å². The van der Waals surface area contributed by atoms with Gasteiger partial charge in [0.2, 0.25) is 0 Å². The van der Waals surface area contributed by atoms with E-state index in [4.69, 9.17) is 4.74 Å². The summed E-state index contributed by atoms with van der Waals surface area (Å²) >= 11 is 0. The maximum Gasteiger partial charge on any atom is 0.0850 e. The van der Waals surface area contributed by atoms with Crippen molar-refractivity contribution in [3.8, 4) is 22.3 Å². The molecule has 1 atom stereocenters. The molecule has 2 aliphatic rings. The Labute approximate surface area is 136 Å². The molecule has 0 amide bonds. The van der Waals surface area contributed by atoms with E-state index < -0.39 is 0 Å². The van der Waals surface area contributed by atoms with Crippen molar-refractivity contribution in [1.82, 2.24) is 0 Å². The van der Waals surface area contributed by atoms with E-state index in [-0.39, 0.29) is 0 Å². The topological polar surface area (TPSA) is 12.5 Å². The van der Waals surface area contributed by atoms with Gasteiger partial charge in [-0.3, -0.25) is 0 Å². The van der Waals surface area contributed by atoms with Gasteiger partial charge in [-0.15, -0.1) is 0 Å². The van der Waals surface area contributed by atoms with Crippen molar-refractivity contribution < 1.29 is 4.74 Å². The molecule has 1 aliphatic heterocycles. The van der Waals surface area contributed by atoms with Gasteiger partial charge in [-0.1, -0.05) is 66.7 Å². The Kier molecular flexibility index (Phi) is 2.89. The zero-order valence-corrected chi connectivity index (χ0v) is 13.0. The minimum absolute atomic E-state index is 0.455. The predicted molar refractivity (Wildman–Crippen MR) is 93.6 cm³/mol. The lowest BCUT2D eigenvalue weighted by Crippen LogP contribution is -1.93. The third-order valence-corrected chi connectivity index (χ3v) is 4.98. The summed E-state index contributed by atoms with van der Waals surface area (Å²) in [6.07, 6.45) is 2.54. The Morgan fingerprint density at radius 2 is 1.52 bits per heavy atom. The number of hydrogen-bond donors (Lipinski definition) is 0. The van der Waals surface area contributed by atoms with Gasteiger partial charge >= 0.3 is 0 Å². The zero-order chi connectivity index (χ0) is 15.2. The van der Waals surface area contributed by atoms with Gasteiger partial charge in [0, 0.05) is 6.42 Å². The first kappa shape index (κ1) is 13.1. The second-order valence-corrected chi connectivity index (χ2v) is 6.52. The van der Waals surface area contributed by atoms with Gasteiger partial charge in [-0.2, -0.15) is 0 Å². The van der Waals surface area contributed by atoms with Crippen LogP contribution >= 0.6 is 0 Å². The molecule has 0 N–H and O–H groups in total. The highest BCUT2D eigenvalue weighted by molar-refractivity contribution is 5.84. The lowest BCUT2D eigenvalue weighted by atomic mass is 9.95. The van der Waals surface area contributed by atoms with Crippen LogP contribution in [0.15, 0.2) is 66.7 Å². The number of benzene rings is 3. The van der Waals surface area contributed by atoms with E-state index in [9.17, 15) is 0 Å². The molecule has 1 fully saturated rings. The molecule has 112 valence electrons. The highest BCUT2D eigenvalue weighted by Gasteiger charge is 2.23. The van der Waals surface area contributed by atoms with E-state index in [1.54, 1.807) is 0 Å². The van der Waals surface area contributed by atoms with Crippen LogP contribution in [-0.2, 0) is 17.6 Å². The summed E-state index contributed by atoms with van der Waals surface area (Å²) in [5.74, 6) is 0. The predicted octanol–water partition coefficient (Wildman–Crippen LogP) is 4.87. The molecule has 0 radical (unpaired) electrons. The minimum Gasteiger partial charge on any atom is -0.373 e. The van der Waals surface area contributed by atoms with Crippen LogP contribution in [0, 0.1) is 0 Å². The van der Waals surface area contributed by atoms with Crippen LogP contribution in [0.1, 0.15) is 16.7 Å². The van der Waals surface area contributed by atoms with Crippen LogP contribution in [0.3, 0.4) is 0 Å². The number of fused-ring (bicyclic) bond motifs is 3. The molecule has 1 nitrogen and oxygen atoms in total. The fourth-order valence-electron chi connectivity index (χ4n) is 3.70. The first-order chi connectivity index (χ1) is 11.4. The maximum absolute atomic E-state index is 5.32. The van der Waals surface area contributed by atoms with E-state index in [1.165, 1.54) is 38.9 Å². The summed E-state index contributed by atoms with van der Waals surface area (Å²) < 4.78 is 5.32. The van der Waals surface area contributed by atoms with Gasteiger partial charge < -0.3 is 4.74 Å². The molecule has 3 aromatic carbocycles. The number of hydrogen-bond acceptors (Lipinski definition) is 1. The van der Waals surface area contributed by atoms with Gasteiger partial charge in [0.1, 0.15) is 0 Å². The second-order valence-electron chi connectivity index (χ2n) is 6.52. The van der Waals surface area contributed by atoms with Crippen LogP contribution in [0.4, 0.5) is 0 Å². The first-order valence-corrected chi connectivity index (χ1v) is 8.29. The average molecular weight is 298 g/mol. The molecule has 3 aromatic rings. The van der Waals surface area contributed by atoms with E-state index >= 15 is 0 Å². The van der Waals surface area contributed by atoms with Crippen molar-refractivity contribution in [2.75, 3.05) is 6.61 Å². The fraction of sp³-hybridized carbons (Fsp3) is 0.182. The second kappa shape index (κ2) is 5.07. The molecule has 1 aliphatic carbocycles. The van der Waals surface area contributed by atoms with Crippen molar-refractivity contribution in [2.24, 2.45) is 0 Å². The van der Waals surface area contributed by atoms with Crippen LogP contribution in [0.25, 0.3) is 22.3 Å². The maximum atomic E-state index is 5.32. The Morgan fingerprint density at radius 1 is 0.783 bits per heavy atom. The summed E-state index contributed by atoms with van der Waals surface area (Å²) in [6, 6.07) is 24.5. The zero-order valence-electron chi connectivity index (χ0n) is 13.0. The molecule has 0 spiro atoms. The van der Waals surface area contributed by atoms with Crippen LogP contribution in [0.5, 0.6) is 0 Å². The quantitative estimate of drug-likeness (QED) is 0.492. The Morgan fingerprint density at radius 3 is 2.35 bits per heavy atom. The third kappa shape index (κ3) is 2.29. The molecule has 0 saturated carbocycles. The van der Waals surface area contributed by atoms with Crippen molar-refractivity contribution in [1.29, 1.82) is 0 Å². The van der Waals surface area contributed by atoms with Crippen LogP contribution < -0.4 is 0 Å². The molecule has 1 heterocycles. The molecule has 0 bridgehead atoms. The summed E-state index contributed by atoms with van der Waals surface area (Å²) in [4.78, 5) is 0. The third-order valence-electron chi connectivity index (χ3n) is 4.98. The summed E-state index contributed by atoms with van der Waals surface area (Å²) in [7, 11) is 0. The molecular weight excluding hydrogens is 280 g/mol. The van der Waals surface area contributed by atoms with Crippen molar-refractivity contribution >= 4 is 0 Å². The van der Waals surface area contributed by atoms with Gasteiger partial charge in [-0.05, 0) is 45.4 Å². The smallest absolute Gasteiger partial charge is 0.0850 e. The van der Waals surface area contributed by atoms with Gasteiger partial charge in [-0.25, -0.2) is 0 Å². The van der Waals surface area contributed by atoms with Crippen LogP contribution in [-0.4, -0.2) is 12.7 Å². The summed E-state index contributed by atoms with van der Waals surface area (Å²) in [6.45, 7) is 0.923. The standard InChI is InChI=1S/C22H18O/c1-2-5-20-17(4-1)13-22-19(6-3-7-21(20)22)16-10-8-15(9-11-16)12-18-14-23-18/h1-11,18H,12-14H2. The normalized spacial score (nSPS) is 17.7. The molecule has 5 rings (SSSR count). The number of ether oxygens (including phenoxy) is 1. The minimum atomic E-state index is 0.455. The van der Waals surface area contributed by atoms with E-state index in [0.717, 1.165) is 19.4 Å². The van der Waals surface area contributed by atoms with E-state index in [1.807, 2.05) is 0 Å². The van der Waals surface area contributed by atoms with E-state index in [0.29, 0.717) is 6.10 Å². The number of rotatable bonds is 3. The number of epoxide rings is 1. The molecule has 0 aromatic heterocycles. The van der Waals surface area contributed by atoms with Crippen LogP contribution in [0.2, 0.25) is 0 Å². The summed E-state index contributed by atoms with van der Waals surface area (Å²) in [5, 5.41) is 0. The molecular formula is C22H18O. The first-order valence-electron chi connectivity index (χ1n) is 8.29. The fourth-order valence-corrected chi connectivity index (χ4v) is 3.70. The monoisotopic (exact) mass is 298 g/mol. The molecule has 1 heteroatoms.